The highest BCUT2D eigenvalue weighted by molar-refractivity contribution is 5.81. The van der Waals surface area contributed by atoms with E-state index in [9.17, 15) is 13.6 Å². The third-order valence-electron chi connectivity index (χ3n) is 6.10. The Morgan fingerprint density at radius 1 is 1.25 bits per heavy atom. The Morgan fingerprint density at radius 3 is 2.50 bits per heavy atom. The monoisotopic (exact) mass is 450 g/mol. The van der Waals surface area contributed by atoms with Crippen LogP contribution in [0.2, 0.25) is 0 Å². The predicted octanol–water partition coefficient (Wildman–Crippen LogP) is 6.78. The van der Waals surface area contributed by atoms with E-state index in [0.29, 0.717) is 11.5 Å². The molecule has 0 saturated heterocycles. The summed E-state index contributed by atoms with van der Waals surface area (Å²) in [6.07, 6.45) is 1.07. The number of alkyl halides is 2. The summed E-state index contributed by atoms with van der Waals surface area (Å²) in [4.78, 5) is 16.8. The number of benzene rings is 1. The average molecular weight is 451 g/mol. The fourth-order valence-electron chi connectivity index (χ4n) is 4.22. The number of carbonyl (C=O) groups excluding carboxylic acids is 1. The molecule has 2 aromatic rings. The average Bonchev–Trinajstić information content (AvgIpc) is 3.44. The molecule has 1 aromatic heterocycles. The van der Waals surface area contributed by atoms with Crippen LogP contribution in [0, 0.1) is 17.7 Å². The summed E-state index contributed by atoms with van der Waals surface area (Å²) in [6.45, 7) is 9.20. The molecule has 1 heterocycles. The van der Waals surface area contributed by atoms with Gasteiger partial charge in [0.2, 0.25) is 11.8 Å². The third kappa shape index (κ3) is 4.94. The van der Waals surface area contributed by atoms with Crippen LogP contribution in [0.3, 0.4) is 0 Å². The van der Waals surface area contributed by atoms with Gasteiger partial charge in [0.1, 0.15) is 17.2 Å². The number of ether oxygens (including phenoxy) is 1. The van der Waals surface area contributed by atoms with Gasteiger partial charge in [0.05, 0.1) is 0 Å². The van der Waals surface area contributed by atoms with Crippen molar-refractivity contribution in [3.8, 4) is 0 Å². The Bertz CT molecular complexity index is 1030. The maximum absolute atomic E-state index is 15.2. The molecule has 32 heavy (non-hydrogen) atoms. The maximum Gasteiger partial charge on any atom is 0.408 e. The lowest BCUT2D eigenvalue weighted by molar-refractivity contribution is -0.0509. The number of hydrogen-bond acceptors (Lipinski definition) is 4. The first-order valence-corrected chi connectivity index (χ1v) is 11.1. The van der Waals surface area contributed by atoms with Gasteiger partial charge in [-0.3, -0.25) is 0 Å². The zero-order valence-corrected chi connectivity index (χ0v) is 18.6. The molecule has 8 heteroatoms. The third-order valence-corrected chi connectivity index (χ3v) is 6.10. The minimum atomic E-state index is -2.72. The topological polar surface area (TPSA) is 64.4 Å². The summed E-state index contributed by atoms with van der Waals surface area (Å²) in [5.41, 5.74) is 0.707. The highest BCUT2D eigenvalue weighted by atomic mass is 19.3. The van der Waals surface area contributed by atoms with Crippen LogP contribution in [-0.2, 0) is 4.74 Å². The number of carbonyl (C=O) groups is 1. The number of aromatic nitrogens is 1. The Hall–Kier alpha value is -2.51. The van der Waals surface area contributed by atoms with Gasteiger partial charge < -0.3 is 14.5 Å². The highest BCUT2D eigenvalue weighted by Crippen LogP contribution is 2.44. The van der Waals surface area contributed by atoms with Gasteiger partial charge in [0.15, 0.2) is 11.4 Å². The van der Waals surface area contributed by atoms with Crippen molar-refractivity contribution in [1.82, 2.24) is 10.3 Å². The van der Waals surface area contributed by atoms with Crippen molar-refractivity contribution >= 4 is 22.8 Å². The van der Waals surface area contributed by atoms with E-state index in [0.717, 1.165) is 18.4 Å². The van der Waals surface area contributed by atoms with Gasteiger partial charge in [-0.2, -0.15) is 0 Å². The summed E-state index contributed by atoms with van der Waals surface area (Å²) in [7, 11) is 0. The molecule has 0 aliphatic heterocycles. The van der Waals surface area contributed by atoms with Crippen molar-refractivity contribution < 1.29 is 27.1 Å². The predicted molar refractivity (Wildman–Crippen MR) is 115 cm³/mol. The number of nitrogens with zero attached hydrogens (tertiary/aromatic N) is 1. The molecule has 5 nitrogen and oxygen atoms in total. The van der Waals surface area contributed by atoms with Gasteiger partial charge in [-0.1, -0.05) is 6.58 Å². The first kappa shape index (κ1) is 22.7. The van der Waals surface area contributed by atoms with Crippen molar-refractivity contribution in [2.45, 2.75) is 76.9 Å². The maximum atomic E-state index is 15.2. The highest BCUT2D eigenvalue weighted by Gasteiger charge is 2.40. The molecule has 2 aliphatic carbocycles. The molecule has 0 bridgehead atoms. The Balaban J connectivity index is 1.65. The van der Waals surface area contributed by atoms with Crippen LogP contribution < -0.4 is 5.32 Å². The molecule has 1 aromatic carbocycles. The molecule has 0 radical (unpaired) electrons. The van der Waals surface area contributed by atoms with Crippen LogP contribution in [0.15, 0.2) is 23.1 Å². The molecule has 2 aliphatic rings. The van der Waals surface area contributed by atoms with Crippen LogP contribution >= 0.6 is 0 Å². The Morgan fingerprint density at radius 2 is 1.91 bits per heavy atom. The number of hydrogen-bond donors (Lipinski definition) is 1. The van der Waals surface area contributed by atoms with Gasteiger partial charge in [-0.25, -0.2) is 22.9 Å². The molecule has 1 amide bonds. The Labute approximate surface area is 185 Å². The van der Waals surface area contributed by atoms with Gasteiger partial charge in [-0.05, 0) is 76.0 Å². The fraction of sp³-hybridized carbons (Fsp3) is 0.583. The normalized spacial score (nSPS) is 20.2. The SMILES string of the molecule is C=C(c1ccc2oc([C@@H](NC(=O)OC(C)(C)C)C3CCC(F)(F)CC3)nc2c1F)C1CC1. The number of fused-ring (bicyclic) bond motifs is 1. The molecule has 2 saturated carbocycles. The summed E-state index contributed by atoms with van der Waals surface area (Å²) in [5.74, 6) is -3.19. The van der Waals surface area contributed by atoms with Gasteiger partial charge >= 0.3 is 6.09 Å². The molecule has 174 valence electrons. The summed E-state index contributed by atoms with van der Waals surface area (Å²) in [5, 5.41) is 2.73. The first-order valence-electron chi connectivity index (χ1n) is 11.1. The fourth-order valence-corrected chi connectivity index (χ4v) is 4.22. The van der Waals surface area contributed by atoms with E-state index >= 15 is 4.39 Å². The summed E-state index contributed by atoms with van der Waals surface area (Å²) in [6, 6.07) is 2.46. The van der Waals surface area contributed by atoms with Crippen LogP contribution in [-0.4, -0.2) is 22.6 Å². The van der Waals surface area contributed by atoms with Crippen molar-refractivity contribution in [1.29, 1.82) is 0 Å². The number of rotatable bonds is 5. The van der Waals surface area contributed by atoms with Crippen molar-refractivity contribution in [3.63, 3.8) is 0 Å². The van der Waals surface area contributed by atoms with Gasteiger partial charge in [-0.15, -0.1) is 0 Å². The van der Waals surface area contributed by atoms with E-state index in [1.165, 1.54) is 0 Å². The molecule has 2 fully saturated rings. The smallest absolute Gasteiger partial charge is 0.408 e. The van der Waals surface area contributed by atoms with Crippen molar-refractivity contribution in [2.24, 2.45) is 11.8 Å². The standard InChI is InChI=1S/C24H29F3N2O3/c1-13(14-5-6-14)16-7-8-17-20(18(16)25)28-21(31-17)19(29-22(30)32-23(2,3)4)15-9-11-24(26,27)12-10-15/h7-8,14-15,19H,1,5-6,9-12H2,2-4H3,(H,29,30)/t19-/m0/s1. The number of halogens is 3. The number of alkyl carbamates (subject to hydrolysis) is 1. The minimum absolute atomic E-state index is 0.0522. The second-order valence-corrected chi connectivity index (χ2v) is 9.94. The van der Waals surface area contributed by atoms with E-state index in [1.807, 2.05) is 0 Å². The van der Waals surface area contributed by atoms with E-state index in [2.05, 4.69) is 16.9 Å². The summed E-state index contributed by atoms with van der Waals surface area (Å²) >= 11 is 0. The molecular formula is C24H29F3N2O3. The molecular weight excluding hydrogens is 421 g/mol. The minimum Gasteiger partial charge on any atom is -0.444 e. The summed E-state index contributed by atoms with van der Waals surface area (Å²) < 4.78 is 53.8. The lowest BCUT2D eigenvalue weighted by Gasteiger charge is -2.33. The van der Waals surface area contributed by atoms with Crippen molar-refractivity contribution in [3.05, 3.63) is 36.0 Å². The molecule has 1 N–H and O–H groups in total. The van der Waals surface area contributed by atoms with E-state index in [1.54, 1.807) is 32.9 Å². The van der Waals surface area contributed by atoms with Crippen LogP contribution in [0.25, 0.3) is 16.7 Å². The number of nitrogens with one attached hydrogen (secondary N) is 1. The lowest BCUT2D eigenvalue weighted by Crippen LogP contribution is -2.40. The van der Waals surface area contributed by atoms with Gasteiger partial charge in [0, 0.05) is 18.4 Å². The molecule has 0 unspecified atom stereocenters. The van der Waals surface area contributed by atoms with Crippen LogP contribution in [0.4, 0.5) is 18.0 Å². The number of allylic oxidation sites excluding steroid dienone is 1. The number of oxazole rings is 1. The van der Waals surface area contributed by atoms with E-state index in [-0.39, 0.29) is 48.6 Å². The van der Waals surface area contributed by atoms with Crippen LogP contribution in [0.5, 0.6) is 0 Å². The van der Waals surface area contributed by atoms with E-state index < -0.39 is 29.5 Å². The van der Waals surface area contributed by atoms with Crippen LogP contribution in [0.1, 0.15) is 76.8 Å². The zero-order chi connectivity index (χ0) is 23.3. The molecule has 1 atom stereocenters. The van der Waals surface area contributed by atoms with E-state index in [4.69, 9.17) is 9.15 Å². The zero-order valence-electron chi connectivity index (χ0n) is 18.6. The second-order valence-electron chi connectivity index (χ2n) is 9.94. The van der Waals surface area contributed by atoms with Crippen molar-refractivity contribution in [2.75, 3.05) is 0 Å². The largest absolute Gasteiger partial charge is 0.444 e. The lowest BCUT2D eigenvalue weighted by atomic mass is 9.82. The quantitative estimate of drug-likeness (QED) is 0.545. The Kier molecular flexibility index (Phi) is 5.75. The van der Waals surface area contributed by atoms with Gasteiger partial charge in [0.25, 0.3) is 0 Å². The first-order chi connectivity index (χ1) is 14.9. The number of amides is 1. The molecule has 0 spiro atoms. The second kappa shape index (κ2) is 8.12. The molecule has 4 rings (SSSR count).